The van der Waals surface area contributed by atoms with Gasteiger partial charge in [-0.1, -0.05) is 54.6 Å². The third kappa shape index (κ3) is 5.66. The van der Waals surface area contributed by atoms with E-state index in [1.807, 2.05) is 30.3 Å². The summed E-state index contributed by atoms with van der Waals surface area (Å²) in [6.07, 6.45) is 0. The molecule has 1 N–H and O–H groups in total. The fraction of sp³-hybridized carbons (Fsp3) is 0.130. The molecular formula is C23H20N2O6. The third-order valence-corrected chi connectivity index (χ3v) is 4.39. The second-order valence-corrected chi connectivity index (χ2v) is 6.62. The average Bonchev–Trinajstić information content (AvgIpc) is 2.78. The van der Waals surface area contributed by atoms with E-state index in [1.54, 1.807) is 31.2 Å². The minimum Gasteiger partial charge on any atom is -0.488 e. The molecule has 8 heteroatoms. The number of ether oxygens (including phenoxy) is 2. The summed E-state index contributed by atoms with van der Waals surface area (Å²) in [6, 6.07) is 20.5. The van der Waals surface area contributed by atoms with Crippen LogP contribution in [0.25, 0.3) is 0 Å². The third-order valence-electron chi connectivity index (χ3n) is 4.39. The average molecular weight is 420 g/mol. The highest BCUT2D eigenvalue weighted by Crippen LogP contribution is 2.27. The first-order valence-corrected chi connectivity index (χ1v) is 9.42. The van der Waals surface area contributed by atoms with Gasteiger partial charge in [0.1, 0.15) is 23.6 Å². The number of nitro groups is 1. The Morgan fingerprint density at radius 3 is 2.42 bits per heavy atom. The zero-order valence-electron chi connectivity index (χ0n) is 16.7. The molecular weight excluding hydrogens is 400 g/mol. The van der Waals surface area contributed by atoms with Crippen LogP contribution in [0.1, 0.15) is 21.5 Å². The van der Waals surface area contributed by atoms with Gasteiger partial charge < -0.3 is 14.8 Å². The monoisotopic (exact) mass is 420 g/mol. The summed E-state index contributed by atoms with van der Waals surface area (Å²) in [4.78, 5) is 35.3. The second-order valence-electron chi connectivity index (χ2n) is 6.62. The largest absolute Gasteiger partial charge is 0.488 e. The van der Waals surface area contributed by atoms with Crippen LogP contribution in [0.3, 0.4) is 0 Å². The first-order valence-electron chi connectivity index (χ1n) is 9.42. The molecule has 0 heterocycles. The molecule has 0 atom stereocenters. The SMILES string of the molecule is Cc1cccc([N+](=O)[O-])c1NC(=O)COC(=O)c1ccccc1OCc1ccccc1. The van der Waals surface area contributed by atoms with Gasteiger partial charge in [0, 0.05) is 6.07 Å². The van der Waals surface area contributed by atoms with Gasteiger partial charge in [-0.05, 0) is 30.2 Å². The number of para-hydroxylation sites is 2. The van der Waals surface area contributed by atoms with Crippen molar-refractivity contribution in [3.63, 3.8) is 0 Å². The Morgan fingerprint density at radius 1 is 0.968 bits per heavy atom. The molecule has 31 heavy (non-hydrogen) atoms. The zero-order chi connectivity index (χ0) is 22.2. The highest BCUT2D eigenvalue weighted by Gasteiger charge is 2.20. The number of amides is 1. The van der Waals surface area contributed by atoms with E-state index < -0.39 is 23.4 Å². The molecule has 1 amide bonds. The number of aryl methyl sites for hydroxylation is 1. The molecule has 3 rings (SSSR count). The highest BCUT2D eigenvalue weighted by atomic mass is 16.6. The molecule has 0 saturated carbocycles. The molecule has 3 aromatic rings. The molecule has 0 saturated heterocycles. The first-order chi connectivity index (χ1) is 15.0. The normalized spacial score (nSPS) is 10.2. The van der Waals surface area contributed by atoms with E-state index in [-0.39, 0.29) is 23.5 Å². The number of anilines is 1. The van der Waals surface area contributed by atoms with Gasteiger partial charge in [-0.3, -0.25) is 14.9 Å². The van der Waals surface area contributed by atoms with Crippen molar-refractivity contribution in [3.05, 3.63) is 99.6 Å². The molecule has 0 aliphatic carbocycles. The van der Waals surface area contributed by atoms with Gasteiger partial charge in [0.2, 0.25) is 0 Å². The minimum absolute atomic E-state index is 0.0696. The lowest BCUT2D eigenvalue weighted by Gasteiger charge is -2.12. The van der Waals surface area contributed by atoms with Crippen molar-refractivity contribution in [3.8, 4) is 5.75 Å². The van der Waals surface area contributed by atoms with Crippen LogP contribution in [0.5, 0.6) is 5.75 Å². The van der Waals surface area contributed by atoms with E-state index in [9.17, 15) is 19.7 Å². The van der Waals surface area contributed by atoms with Crippen molar-refractivity contribution in [1.29, 1.82) is 0 Å². The van der Waals surface area contributed by atoms with Crippen LogP contribution in [-0.2, 0) is 16.1 Å². The Labute approximate surface area is 178 Å². The van der Waals surface area contributed by atoms with E-state index in [2.05, 4.69) is 5.32 Å². The van der Waals surface area contributed by atoms with Crippen LogP contribution >= 0.6 is 0 Å². The number of hydrogen-bond donors (Lipinski definition) is 1. The van der Waals surface area contributed by atoms with E-state index in [0.29, 0.717) is 11.3 Å². The summed E-state index contributed by atoms with van der Waals surface area (Å²) in [5.41, 5.74) is 1.46. The van der Waals surface area contributed by atoms with Crippen LogP contribution in [0.2, 0.25) is 0 Å². The molecule has 0 aromatic heterocycles. The van der Waals surface area contributed by atoms with Crippen molar-refractivity contribution in [2.75, 3.05) is 11.9 Å². The van der Waals surface area contributed by atoms with Crippen molar-refractivity contribution in [1.82, 2.24) is 0 Å². The summed E-state index contributed by atoms with van der Waals surface area (Å²) in [6.45, 7) is 1.30. The maximum Gasteiger partial charge on any atom is 0.342 e. The van der Waals surface area contributed by atoms with Gasteiger partial charge in [-0.25, -0.2) is 4.79 Å². The lowest BCUT2D eigenvalue weighted by atomic mass is 10.1. The molecule has 0 aliphatic heterocycles. The Bertz CT molecular complexity index is 1100. The summed E-state index contributed by atoms with van der Waals surface area (Å²) in [5.74, 6) is -1.10. The summed E-state index contributed by atoms with van der Waals surface area (Å²) in [7, 11) is 0. The molecule has 0 unspecified atom stereocenters. The Kier molecular flexibility index (Phi) is 6.95. The number of benzene rings is 3. The molecule has 3 aromatic carbocycles. The predicted molar refractivity (Wildman–Crippen MR) is 114 cm³/mol. The van der Waals surface area contributed by atoms with Crippen LogP contribution in [0.15, 0.2) is 72.8 Å². The van der Waals surface area contributed by atoms with Gasteiger partial charge in [0.25, 0.3) is 11.6 Å². The van der Waals surface area contributed by atoms with Gasteiger partial charge in [-0.15, -0.1) is 0 Å². The molecule has 8 nitrogen and oxygen atoms in total. The van der Waals surface area contributed by atoms with Crippen LogP contribution < -0.4 is 10.1 Å². The van der Waals surface area contributed by atoms with E-state index in [4.69, 9.17) is 9.47 Å². The lowest BCUT2D eigenvalue weighted by Crippen LogP contribution is -2.22. The van der Waals surface area contributed by atoms with E-state index in [1.165, 1.54) is 18.2 Å². The lowest BCUT2D eigenvalue weighted by molar-refractivity contribution is -0.384. The predicted octanol–water partition coefficient (Wildman–Crippen LogP) is 4.28. The highest BCUT2D eigenvalue weighted by molar-refractivity contribution is 5.98. The number of esters is 1. The molecule has 0 fully saturated rings. The van der Waals surface area contributed by atoms with Crippen molar-refractivity contribution in [2.45, 2.75) is 13.5 Å². The van der Waals surface area contributed by atoms with E-state index in [0.717, 1.165) is 5.56 Å². The number of nitrogens with one attached hydrogen (secondary N) is 1. The van der Waals surface area contributed by atoms with Gasteiger partial charge in [-0.2, -0.15) is 0 Å². The number of hydrogen-bond acceptors (Lipinski definition) is 6. The minimum atomic E-state index is -0.738. The molecule has 158 valence electrons. The maximum atomic E-state index is 12.5. The zero-order valence-corrected chi connectivity index (χ0v) is 16.7. The van der Waals surface area contributed by atoms with Crippen LogP contribution in [0.4, 0.5) is 11.4 Å². The number of rotatable bonds is 8. The fourth-order valence-electron chi connectivity index (χ4n) is 2.85. The topological polar surface area (TPSA) is 108 Å². The first kappa shape index (κ1) is 21.5. The molecule has 0 radical (unpaired) electrons. The van der Waals surface area contributed by atoms with Crippen molar-refractivity contribution < 1.29 is 24.0 Å². The maximum absolute atomic E-state index is 12.5. The fourth-order valence-corrected chi connectivity index (χ4v) is 2.85. The smallest absolute Gasteiger partial charge is 0.342 e. The standard InChI is InChI=1S/C23H20N2O6/c1-16-8-7-12-19(25(28)29)22(16)24-21(26)15-31-23(27)18-11-5-6-13-20(18)30-14-17-9-3-2-4-10-17/h2-13H,14-15H2,1H3,(H,24,26). The van der Waals surface area contributed by atoms with Crippen molar-refractivity contribution >= 4 is 23.3 Å². The molecule has 0 aliphatic rings. The van der Waals surface area contributed by atoms with Crippen LogP contribution in [-0.4, -0.2) is 23.4 Å². The van der Waals surface area contributed by atoms with E-state index >= 15 is 0 Å². The summed E-state index contributed by atoms with van der Waals surface area (Å²) < 4.78 is 10.8. The van der Waals surface area contributed by atoms with Crippen molar-refractivity contribution in [2.24, 2.45) is 0 Å². The quantitative estimate of drug-likeness (QED) is 0.331. The van der Waals surface area contributed by atoms with Gasteiger partial charge in [0.15, 0.2) is 6.61 Å². The molecule has 0 bridgehead atoms. The number of carbonyl (C=O) groups excluding carboxylic acids is 2. The molecule has 0 spiro atoms. The Hall–Kier alpha value is -4.20. The number of nitrogens with zero attached hydrogens (tertiary/aromatic N) is 1. The van der Waals surface area contributed by atoms with Gasteiger partial charge >= 0.3 is 5.97 Å². The summed E-state index contributed by atoms with van der Waals surface area (Å²) >= 11 is 0. The number of carbonyl (C=O) groups is 2. The van der Waals surface area contributed by atoms with Crippen LogP contribution in [0, 0.1) is 17.0 Å². The Balaban J connectivity index is 1.63. The van der Waals surface area contributed by atoms with Gasteiger partial charge in [0.05, 0.1) is 4.92 Å². The number of nitro benzene ring substituents is 1. The second kappa shape index (κ2) is 10.0. The summed E-state index contributed by atoms with van der Waals surface area (Å²) in [5, 5.41) is 13.6. The Morgan fingerprint density at radius 2 is 1.68 bits per heavy atom.